The Hall–Kier alpha value is -2.14. The average molecular weight is 284 g/mol. The second kappa shape index (κ2) is 5.69. The molecule has 1 aliphatic heterocycles. The predicted molar refractivity (Wildman–Crippen MR) is 80.6 cm³/mol. The van der Waals surface area contributed by atoms with E-state index in [0.29, 0.717) is 19.5 Å². The van der Waals surface area contributed by atoms with Crippen molar-refractivity contribution in [3.8, 4) is 0 Å². The van der Waals surface area contributed by atoms with E-state index >= 15 is 0 Å². The number of likely N-dealkylation sites (N-methyl/N-ethyl adjacent to an activating group) is 1. The number of aryl methyl sites for hydroxylation is 1. The van der Waals surface area contributed by atoms with Gasteiger partial charge in [0.1, 0.15) is 0 Å². The van der Waals surface area contributed by atoms with Gasteiger partial charge in [0.05, 0.1) is 23.8 Å². The van der Waals surface area contributed by atoms with E-state index in [2.05, 4.69) is 34.3 Å². The summed E-state index contributed by atoms with van der Waals surface area (Å²) in [4.78, 5) is 21.7. The van der Waals surface area contributed by atoms with Crippen LogP contribution < -0.4 is 5.32 Å². The van der Waals surface area contributed by atoms with Gasteiger partial charge >= 0.3 is 0 Å². The molecule has 1 aromatic heterocycles. The molecule has 0 aliphatic carbocycles. The Bertz CT molecular complexity index is 649. The molecule has 1 unspecified atom stereocenters. The van der Waals surface area contributed by atoms with E-state index in [-0.39, 0.29) is 11.9 Å². The van der Waals surface area contributed by atoms with E-state index < -0.39 is 0 Å². The van der Waals surface area contributed by atoms with Gasteiger partial charge in [-0.25, -0.2) is 4.98 Å². The Morgan fingerprint density at radius 1 is 1.43 bits per heavy atom. The molecule has 1 atom stereocenters. The first-order valence-electron chi connectivity index (χ1n) is 7.19. The SMILES string of the molecule is Cc1ccccc1CN(C)C(=O)C1Cc2nc[nH]c2CN1. The third-order valence-electron chi connectivity index (χ3n) is 4.07. The lowest BCUT2D eigenvalue weighted by molar-refractivity contribution is -0.132. The maximum absolute atomic E-state index is 12.6. The lowest BCUT2D eigenvalue weighted by atomic mass is 10.0. The zero-order valence-corrected chi connectivity index (χ0v) is 12.4. The van der Waals surface area contributed by atoms with Crippen LogP contribution in [-0.4, -0.2) is 33.9 Å². The second-order valence-electron chi connectivity index (χ2n) is 5.59. The van der Waals surface area contributed by atoms with E-state index in [1.54, 1.807) is 11.2 Å². The number of nitrogens with one attached hydrogen (secondary N) is 2. The fourth-order valence-corrected chi connectivity index (χ4v) is 2.73. The van der Waals surface area contributed by atoms with Crippen molar-refractivity contribution in [3.63, 3.8) is 0 Å². The number of imidazole rings is 1. The molecule has 1 aromatic carbocycles. The number of H-pyrrole nitrogens is 1. The topological polar surface area (TPSA) is 61.0 Å². The molecule has 110 valence electrons. The number of carbonyl (C=O) groups excluding carboxylic acids is 1. The molecule has 2 N–H and O–H groups in total. The maximum Gasteiger partial charge on any atom is 0.240 e. The van der Waals surface area contributed by atoms with Gasteiger partial charge in [-0.15, -0.1) is 0 Å². The van der Waals surface area contributed by atoms with Crippen molar-refractivity contribution in [2.75, 3.05) is 7.05 Å². The Labute approximate surface area is 124 Å². The Kier molecular flexibility index (Phi) is 3.75. The van der Waals surface area contributed by atoms with E-state index in [1.807, 2.05) is 19.2 Å². The lowest BCUT2D eigenvalue weighted by Gasteiger charge is -2.27. The molecule has 0 spiro atoms. The normalized spacial score (nSPS) is 17.3. The highest BCUT2D eigenvalue weighted by molar-refractivity contribution is 5.82. The summed E-state index contributed by atoms with van der Waals surface area (Å²) in [6.07, 6.45) is 2.34. The molecule has 0 bridgehead atoms. The van der Waals surface area contributed by atoms with Crippen molar-refractivity contribution >= 4 is 5.91 Å². The van der Waals surface area contributed by atoms with Gasteiger partial charge in [-0.1, -0.05) is 24.3 Å². The Morgan fingerprint density at radius 2 is 2.24 bits per heavy atom. The molecule has 2 aromatic rings. The summed E-state index contributed by atoms with van der Waals surface area (Å²) < 4.78 is 0. The first-order chi connectivity index (χ1) is 10.1. The standard InChI is InChI=1S/C16H20N4O/c1-11-5-3-4-6-12(11)9-20(2)16(21)14-7-13-15(8-17-14)19-10-18-13/h3-6,10,14,17H,7-9H2,1-2H3,(H,18,19). The zero-order valence-electron chi connectivity index (χ0n) is 12.4. The van der Waals surface area contributed by atoms with Crippen molar-refractivity contribution in [1.29, 1.82) is 0 Å². The number of aromatic amines is 1. The molecule has 1 amide bonds. The van der Waals surface area contributed by atoms with Crippen molar-refractivity contribution in [1.82, 2.24) is 20.2 Å². The van der Waals surface area contributed by atoms with Crippen LogP contribution in [0.4, 0.5) is 0 Å². The number of hydrogen-bond acceptors (Lipinski definition) is 3. The quantitative estimate of drug-likeness (QED) is 0.895. The number of rotatable bonds is 3. The highest BCUT2D eigenvalue weighted by atomic mass is 16.2. The van der Waals surface area contributed by atoms with Crippen molar-refractivity contribution in [2.45, 2.75) is 32.5 Å². The number of nitrogens with zero attached hydrogens (tertiary/aromatic N) is 2. The summed E-state index contributed by atoms with van der Waals surface area (Å²) in [5, 5.41) is 3.28. The van der Waals surface area contributed by atoms with Crippen molar-refractivity contribution < 1.29 is 4.79 Å². The number of amides is 1. The highest BCUT2D eigenvalue weighted by Gasteiger charge is 2.27. The summed E-state index contributed by atoms with van der Waals surface area (Å²) in [6.45, 7) is 3.38. The van der Waals surface area contributed by atoms with Crippen LogP contribution in [0.2, 0.25) is 0 Å². The highest BCUT2D eigenvalue weighted by Crippen LogP contribution is 2.15. The van der Waals surface area contributed by atoms with Crippen LogP contribution >= 0.6 is 0 Å². The van der Waals surface area contributed by atoms with Crippen molar-refractivity contribution in [2.24, 2.45) is 0 Å². The largest absolute Gasteiger partial charge is 0.347 e. The molecular formula is C16H20N4O. The zero-order chi connectivity index (χ0) is 14.8. The number of benzene rings is 1. The fraction of sp³-hybridized carbons (Fsp3) is 0.375. The summed E-state index contributed by atoms with van der Waals surface area (Å²) in [7, 11) is 1.86. The molecule has 2 heterocycles. The summed E-state index contributed by atoms with van der Waals surface area (Å²) in [6, 6.07) is 7.98. The third kappa shape index (κ3) is 2.83. The van der Waals surface area contributed by atoms with Gasteiger partial charge in [-0.3, -0.25) is 10.1 Å². The van der Waals surface area contributed by atoms with Gasteiger partial charge in [-0.05, 0) is 18.1 Å². The predicted octanol–water partition coefficient (Wildman–Crippen LogP) is 1.39. The third-order valence-corrected chi connectivity index (χ3v) is 4.07. The molecule has 5 nitrogen and oxygen atoms in total. The molecule has 5 heteroatoms. The maximum atomic E-state index is 12.6. The van der Waals surface area contributed by atoms with Crippen LogP contribution in [0.3, 0.4) is 0 Å². The monoisotopic (exact) mass is 284 g/mol. The number of fused-ring (bicyclic) bond motifs is 1. The minimum Gasteiger partial charge on any atom is -0.347 e. The molecular weight excluding hydrogens is 264 g/mol. The summed E-state index contributed by atoms with van der Waals surface area (Å²) in [5.41, 5.74) is 4.48. The lowest BCUT2D eigenvalue weighted by Crippen LogP contribution is -2.48. The number of hydrogen-bond donors (Lipinski definition) is 2. The van der Waals surface area contributed by atoms with Gasteiger partial charge in [0, 0.05) is 26.6 Å². The summed E-state index contributed by atoms with van der Waals surface area (Å²) >= 11 is 0. The van der Waals surface area contributed by atoms with Gasteiger partial charge in [0.25, 0.3) is 0 Å². The Balaban J connectivity index is 1.67. The Morgan fingerprint density at radius 3 is 3.05 bits per heavy atom. The van der Waals surface area contributed by atoms with Gasteiger partial charge in [-0.2, -0.15) is 0 Å². The molecule has 1 aliphatic rings. The van der Waals surface area contributed by atoms with E-state index in [1.165, 1.54) is 11.1 Å². The van der Waals surface area contributed by atoms with Crippen LogP contribution in [0.25, 0.3) is 0 Å². The smallest absolute Gasteiger partial charge is 0.240 e. The van der Waals surface area contributed by atoms with Crippen LogP contribution in [-0.2, 0) is 24.3 Å². The van der Waals surface area contributed by atoms with E-state index in [4.69, 9.17) is 0 Å². The van der Waals surface area contributed by atoms with Gasteiger partial charge in [0.15, 0.2) is 0 Å². The molecule has 0 saturated carbocycles. The molecule has 0 radical (unpaired) electrons. The molecule has 0 saturated heterocycles. The van der Waals surface area contributed by atoms with Crippen LogP contribution in [0.1, 0.15) is 22.5 Å². The second-order valence-corrected chi connectivity index (χ2v) is 5.59. The fourth-order valence-electron chi connectivity index (χ4n) is 2.73. The van der Waals surface area contributed by atoms with E-state index in [9.17, 15) is 4.79 Å². The van der Waals surface area contributed by atoms with Crippen LogP contribution in [0.15, 0.2) is 30.6 Å². The van der Waals surface area contributed by atoms with Gasteiger partial charge in [0.2, 0.25) is 5.91 Å². The first kappa shape index (κ1) is 13.8. The van der Waals surface area contributed by atoms with Crippen LogP contribution in [0, 0.1) is 6.92 Å². The minimum atomic E-state index is -0.185. The van der Waals surface area contributed by atoms with E-state index in [0.717, 1.165) is 11.4 Å². The molecule has 0 fully saturated rings. The molecule has 21 heavy (non-hydrogen) atoms. The van der Waals surface area contributed by atoms with Crippen LogP contribution in [0.5, 0.6) is 0 Å². The molecule has 3 rings (SSSR count). The first-order valence-corrected chi connectivity index (χ1v) is 7.19. The van der Waals surface area contributed by atoms with Gasteiger partial charge < -0.3 is 9.88 Å². The number of aromatic nitrogens is 2. The number of carbonyl (C=O) groups is 1. The minimum absolute atomic E-state index is 0.118. The average Bonchev–Trinajstić information content (AvgIpc) is 2.96. The van der Waals surface area contributed by atoms with Crippen molar-refractivity contribution in [3.05, 3.63) is 53.1 Å². The summed E-state index contributed by atoms with van der Waals surface area (Å²) in [5.74, 6) is 0.118.